The second-order valence-corrected chi connectivity index (χ2v) is 6.06. The number of urea groups is 1. The molecule has 0 aromatic heterocycles. The summed E-state index contributed by atoms with van der Waals surface area (Å²) in [5.74, 6) is 0.236. The zero-order valence-electron chi connectivity index (χ0n) is 14.8. The van der Waals surface area contributed by atoms with E-state index >= 15 is 0 Å². The van der Waals surface area contributed by atoms with Gasteiger partial charge in [-0.25, -0.2) is 4.79 Å². The summed E-state index contributed by atoms with van der Waals surface area (Å²) in [4.78, 5) is 28.0. The first-order valence-electron chi connectivity index (χ1n) is 8.68. The summed E-state index contributed by atoms with van der Waals surface area (Å²) in [6.07, 6.45) is 0. The van der Waals surface area contributed by atoms with Crippen LogP contribution in [0.1, 0.15) is 5.56 Å². The predicted molar refractivity (Wildman–Crippen MR) is 100 cm³/mol. The van der Waals surface area contributed by atoms with Gasteiger partial charge in [0.05, 0.1) is 5.56 Å². The average Bonchev–Trinajstić information content (AvgIpc) is 2.73. The highest BCUT2D eigenvalue weighted by molar-refractivity contribution is 5.89. The van der Waals surface area contributed by atoms with Crippen molar-refractivity contribution in [1.29, 1.82) is 5.26 Å². The SMILES string of the molecule is N#Cc1ccccc1OCC(=O)N1CCN(C(=O)Nc2ccccc2)CC1. The Kier molecular flexibility index (Phi) is 5.90. The quantitative estimate of drug-likeness (QED) is 0.902. The van der Waals surface area contributed by atoms with E-state index in [1.54, 1.807) is 34.1 Å². The molecule has 3 amide bonds. The van der Waals surface area contributed by atoms with Crippen molar-refractivity contribution in [3.8, 4) is 11.8 Å². The van der Waals surface area contributed by atoms with Crippen molar-refractivity contribution in [1.82, 2.24) is 9.80 Å². The lowest BCUT2D eigenvalue weighted by Gasteiger charge is -2.34. The molecular weight excluding hydrogens is 344 g/mol. The van der Waals surface area contributed by atoms with E-state index in [-0.39, 0.29) is 18.5 Å². The van der Waals surface area contributed by atoms with Gasteiger partial charge in [0.1, 0.15) is 11.8 Å². The van der Waals surface area contributed by atoms with Crippen LogP contribution < -0.4 is 10.1 Å². The van der Waals surface area contributed by atoms with E-state index in [2.05, 4.69) is 5.32 Å². The highest BCUT2D eigenvalue weighted by Gasteiger charge is 2.24. The molecule has 0 unspecified atom stereocenters. The number of nitriles is 1. The molecule has 7 nitrogen and oxygen atoms in total. The van der Waals surface area contributed by atoms with Gasteiger partial charge in [0.15, 0.2) is 6.61 Å². The van der Waals surface area contributed by atoms with Crippen molar-refractivity contribution in [2.24, 2.45) is 0 Å². The summed E-state index contributed by atoms with van der Waals surface area (Å²) in [5.41, 5.74) is 1.14. The first-order valence-corrected chi connectivity index (χ1v) is 8.68. The fourth-order valence-corrected chi connectivity index (χ4v) is 2.80. The number of piperazine rings is 1. The molecule has 1 heterocycles. The summed E-state index contributed by atoms with van der Waals surface area (Å²) in [6, 6.07) is 17.9. The highest BCUT2D eigenvalue weighted by atomic mass is 16.5. The Morgan fingerprint density at radius 3 is 2.30 bits per heavy atom. The van der Waals surface area contributed by atoms with Crippen molar-refractivity contribution in [3.63, 3.8) is 0 Å². The fourth-order valence-electron chi connectivity index (χ4n) is 2.80. The molecule has 27 heavy (non-hydrogen) atoms. The minimum absolute atomic E-state index is 0.130. The number of hydrogen-bond donors (Lipinski definition) is 1. The Labute approximate surface area is 157 Å². The van der Waals surface area contributed by atoms with E-state index < -0.39 is 0 Å². The molecular formula is C20H20N4O3. The zero-order valence-corrected chi connectivity index (χ0v) is 14.8. The molecule has 7 heteroatoms. The standard InChI is InChI=1S/C20H20N4O3/c21-14-16-6-4-5-9-18(16)27-15-19(25)23-10-12-24(13-11-23)20(26)22-17-7-2-1-3-8-17/h1-9H,10-13,15H2,(H,22,26). The molecule has 0 radical (unpaired) electrons. The number of carbonyl (C=O) groups is 2. The van der Waals surface area contributed by atoms with E-state index in [0.29, 0.717) is 37.5 Å². The summed E-state index contributed by atoms with van der Waals surface area (Å²) >= 11 is 0. The first kappa shape index (κ1) is 18.3. The van der Waals surface area contributed by atoms with Crippen LogP contribution in [-0.2, 0) is 4.79 Å². The third-order valence-electron chi connectivity index (χ3n) is 4.30. The number of benzene rings is 2. The van der Waals surface area contributed by atoms with Gasteiger partial charge in [-0.1, -0.05) is 30.3 Å². The summed E-state index contributed by atoms with van der Waals surface area (Å²) in [6.45, 7) is 1.68. The van der Waals surface area contributed by atoms with Gasteiger partial charge >= 0.3 is 6.03 Å². The van der Waals surface area contributed by atoms with Gasteiger partial charge in [-0.2, -0.15) is 5.26 Å². The number of carbonyl (C=O) groups excluding carboxylic acids is 2. The minimum atomic E-state index is -0.174. The van der Waals surface area contributed by atoms with E-state index in [9.17, 15) is 9.59 Å². The van der Waals surface area contributed by atoms with E-state index in [4.69, 9.17) is 10.00 Å². The molecule has 1 aliphatic rings. The lowest BCUT2D eigenvalue weighted by molar-refractivity contribution is -0.134. The lowest BCUT2D eigenvalue weighted by atomic mass is 10.2. The minimum Gasteiger partial charge on any atom is -0.482 e. The third-order valence-corrected chi connectivity index (χ3v) is 4.30. The lowest BCUT2D eigenvalue weighted by Crippen LogP contribution is -2.52. The maximum absolute atomic E-state index is 12.3. The maximum Gasteiger partial charge on any atom is 0.321 e. The van der Waals surface area contributed by atoms with Gasteiger partial charge in [-0.3, -0.25) is 4.79 Å². The number of amides is 3. The number of anilines is 1. The van der Waals surface area contributed by atoms with E-state index in [0.717, 1.165) is 5.69 Å². The molecule has 1 saturated heterocycles. The van der Waals surface area contributed by atoms with E-state index in [1.807, 2.05) is 36.4 Å². The van der Waals surface area contributed by atoms with Crippen LogP contribution in [0.5, 0.6) is 5.75 Å². The molecule has 3 rings (SSSR count). The number of rotatable bonds is 4. The molecule has 0 spiro atoms. The Balaban J connectivity index is 1.46. The largest absolute Gasteiger partial charge is 0.482 e. The summed E-state index contributed by atoms with van der Waals surface area (Å²) in [7, 11) is 0. The van der Waals surface area contributed by atoms with Gasteiger partial charge in [0.2, 0.25) is 0 Å². The molecule has 0 atom stereocenters. The van der Waals surface area contributed by atoms with Crippen LogP contribution in [0.25, 0.3) is 0 Å². The van der Waals surface area contributed by atoms with Gasteiger partial charge in [-0.05, 0) is 24.3 Å². The molecule has 0 aliphatic carbocycles. The molecule has 0 saturated carbocycles. The Morgan fingerprint density at radius 1 is 0.963 bits per heavy atom. The van der Waals surface area contributed by atoms with Crippen molar-refractivity contribution >= 4 is 17.6 Å². The Morgan fingerprint density at radius 2 is 1.59 bits per heavy atom. The number of ether oxygens (including phenoxy) is 1. The van der Waals surface area contributed by atoms with Crippen molar-refractivity contribution < 1.29 is 14.3 Å². The van der Waals surface area contributed by atoms with Gasteiger partial charge in [0.25, 0.3) is 5.91 Å². The average molecular weight is 364 g/mol. The first-order chi connectivity index (χ1) is 13.2. The van der Waals surface area contributed by atoms with Crippen LogP contribution in [0.4, 0.5) is 10.5 Å². The van der Waals surface area contributed by atoms with Crippen molar-refractivity contribution in [3.05, 3.63) is 60.2 Å². The molecule has 2 aromatic rings. The van der Waals surface area contributed by atoms with Crippen LogP contribution in [0.2, 0.25) is 0 Å². The van der Waals surface area contributed by atoms with Crippen LogP contribution in [-0.4, -0.2) is 54.5 Å². The van der Waals surface area contributed by atoms with E-state index in [1.165, 1.54) is 0 Å². The van der Waals surface area contributed by atoms with Gasteiger partial charge < -0.3 is 19.9 Å². The number of nitrogens with zero attached hydrogens (tertiary/aromatic N) is 3. The summed E-state index contributed by atoms with van der Waals surface area (Å²) < 4.78 is 5.49. The normalized spacial score (nSPS) is 13.6. The molecule has 1 aliphatic heterocycles. The molecule has 0 bridgehead atoms. The number of hydrogen-bond acceptors (Lipinski definition) is 4. The van der Waals surface area contributed by atoms with Gasteiger partial charge in [0, 0.05) is 31.9 Å². The third kappa shape index (κ3) is 4.76. The maximum atomic E-state index is 12.3. The van der Waals surface area contributed by atoms with Crippen LogP contribution >= 0.6 is 0 Å². The Bertz CT molecular complexity index is 840. The second kappa shape index (κ2) is 8.72. The zero-order chi connectivity index (χ0) is 19.1. The highest BCUT2D eigenvalue weighted by Crippen LogP contribution is 2.16. The smallest absolute Gasteiger partial charge is 0.321 e. The molecule has 1 N–H and O–H groups in total. The number of nitrogens with one attached hydrogen (secondary N) is 1. The van der Waals surface area contributed by atoms with Crippen molar-refractivity contribution in [2.45, 2.75) is 0 Å². The molecule has 2 aromatic carbocycles. The van der Waals surface area contributed by atoms with Crippen LogP contribution in [0.15, 0.2) is 54.6 Å². The summed E-state index contributed by atoms with van der Waals surface area (Å²) in [5, 5.41) is 11.9. The number of para-hydroxylation sites is 2. The molecule has 1 fully saturated rings. The second-order valence-electron chi connectivity index (χ2n) is 6.06. The fraction of sp³-hybridized carbons (Fsp3) is 0.250. The molecule has 138 valence electrons. The van der Waals surface area contributed by atoms with Crippen LogP contribution in [0.3, 0.4) is 0 Å². The topological polar surface area (TPSA) is 85.7 Å². The Hall–Kier alpha value is -3.53. The predicted octanol–water partition coefficient (Wildman–Crippen LogP) is 2.31. The van der Waals surface area contributed by atoms with Crippen molar-refractivity contribution in [2.75, 3.05) is 38.1 Å². The van der Waals surface area contributed by atoms with Crippen LogP contribution in [0, 0.1) is 11.3 Å². The van der Waals surface area contributed by atoms with Gasteiger partial charge in [-0.15, -0.1) is 0 Å². The monoisotopic (exact) mass is 364 g/mol.